The maximum atomic E-state index is 14.6. The van der Waals surface area contributed by atoms with Crippen molar-refractivity contribution in [3.8, 4) is 17.1 Å². The second-order valence-corrected chi connectivity index (χ2v) is 16.2. The van der Waals surface area contributed by atoms with Gasteiger partial charge in [0.1, 0.15) is 12.4 Å². The summed E-state index contributed by atoms with van der Waals surface area (Å²) in [6.45, 7) is 13.7. The number of aromatic nitrogens is 4. The van der Waals surface area contributed by atoms with Crippen molar-refractivity contribution >= 4 is 27.7 Å². The van der Waals surface area contributed by atoms with E-state index >= 15 is 0 Å². The van der Waals surface area contributed by atoms with E-state index in [2.05, 4.69) is 52.3 Å². The van der Waals surface area contributed by atoms with Gasteiger partial charge in [-0.25, -0.2) is 23.1 Å². The second kappa shape index (κ2) is 14.3. The molecule has 1 aliphatic carbocycles. The molecule has 11 nitrogen and oxygen atoms in total. The maximum absolute atomic E-state index is 14.6. The molecule has 3 heterocycles. The molecular formula is C38H47N7O4S. The van der Waals surface area contributed by atoms with Crippen LogP contribution in [0.5, 0.6) is 5.88 Å². The molecule has 2 aliphatic rings. The lowest BCUT2D eigenvalue weighted by molar-refractivity contribution is 0.0549. The number of rotatable bonds is 8. The number of anilines is 2. The van der Waals surface area contributed by atoms with Gasteiger partial charge in [0.25, 0.3) is 15.9 Å². The molecule has 264 valence electrons. The molecule has 0 radical (unpaired) electrons. The number of nitrogens with one attached hydrogen (secondary N) is 1. The molecule has 1 aliphatic heterocycles. The zero-order chi connectivity index (χ0) is 35.6. The van der Waals surface area contributed by atoms with Crippen molar-refractivity contribution in [2.24, 2.45) is 5.41 Å². The predicted molar refractivity (Wildman–Crippen MR) is 195 cm³/mol. The molecule has 1 fully saturated rings. The fraction of sp³-hybridized carbons (Fsp3) is 0.447. The molecule has 0 unspecified atom stereocenters. The van der Waals surface area contributed by atoms with Crippen LogP contribution in [-0.4, -0.2) is 64.4 Å². The smallest absolute Gasteiger partial charge is 0.264 e. The first-order valence-corrected chi connectivity index (χ1v) is 18.9. The van der Waals surface area contributed by atoms with Crippen molar-refractivity contribution in [1.29, 1.82) is 0 Å². The molecule has 0 spiro atoms. The fourth-order valence-corrected chi connectivity index (χ4v) is 7.59. The lowest BCUT2D eigenvalue weighted by atomic mass is 9.88. The van der Waals surface area contributed by atoms with Gasteiger partial charge >= 0.3 is 0 Å². The van der Waals surface area contributed by atoms with E-state index in [1.54, 1.807) is 35.5 Å². The third-order valence-electron chi connectivity index (χ3n) is 9.56. The summed E-state index contributed by atoms with van der Waals surface area (Å²) in [5, 5.41) is 0. The SMILES string of the molecule is CCN(c1cncc(CN2C(=O)c3cccc(c3)S(=O)(=O)Nc3nc(cc(-c4c(C)cccc4C)n3)OC[C@H]2CCC(C)(C)C)n1)C1CCC1. The van der Waals surface area contributed by atoms with Crippen LogP contribution < -0.4 is 14.4 Å². The minimum Gasteiger partial charge on any atom is -0.475 e. The van der Waals surface area contributed by atoms with E-state index in [-0.39, 0.29) is 46.8 Å². The number of amides is 1. The molecule has 1 saturated carbocycles. The fourth-order valence-electron chi connectivity index (χ4n) is 6.60. The van der Waals surface area contributed by atoms with Crippen LogP contribution in [0.15, 0.2) is 65.8 Å². The summed E-state index contributed by atoms with van der Waals surface area (Å²) in [5.41, 5.74) is 4.23. The lowest BCUT2D eigenvalue weighted by Gasteiger charge is -2.38. The van der Waals surface area contributed by atoms with Gasteiger partial charge in [0.05, 0.1) is 41.3 Å². The Hall–Kier alpha value is -4.58. The number of hydrogen-bond donors (Lipinski definition) is 1. The van der Waals surface area contributed by atoms with Crippen molar-refractivity contribution in [1.82, 2.24) is 24.8 Å². The number of carbonyl (C=O) groups is 1. The summed E-state index contributed by atoms with van der Waals surface area (Å²) in [6.07, 6.45) is 8.38. The number of nitrogens with zero attached hydrogens (tertiary/aromatic N) is 6. The van der Waals surface area contributed by atoms with Gasteiger partial charge in [-0.2, -0.15) is 4.98 Å². The molecule has 4 aromatic rings. The van der Waals surface area contributed by atoms with E-state index in [9.17, 15) is 13.2 Å². The average molecular weight is 698 g/mol. The summed E-state index contributed by atoms with van der Waals surface area (Å²) in [6, 6.07) is 13.8. The first kappa shape index (κ1) is 35.3. The Kier molecular flexibility index (Phi) is 10.1. The highest BCUT2D eigenvalue weighted by Gasteiger charge is 2.31. The van der Waals surface area contributed by atoms with Gasteiger partial charge in [0, 0.05) is 29.8 Å². The zero-order valence-corrected chi connectivity index (χ0v) is 30.6. The Morgan fingerprint density at radius 1 is 1.00 bits per heavy atom. The Bertz CT molecular complexity index is 1950. The average Bonchev–Trinajstić information content (AvgIpc) is 3.04. The van der Waals surface area contributed by atoms with Gasteiger partial charge in [-0.15, -0.1) is 0 Å². The molecule has 4 bridgehead atoms. The van der Waals surface area contributed by atoms with Gasteiger partial charge in [0.2, 0.25) is 11.8 Å². The van der Waals surface area contributed by atoms with Crippen LogP contribution in [-0.2, 0) is 16.6 Å². The number of hydrogen-bond acceptors (Lipinski definition) is 9. The van der Waals surface area contributed by atoms with Crippen molar-refractivity contribution in [3.63, 3.8) is 0 Å². The number of aryl methyl sites for hydroxylation is 2. The third kappa shape index (κ3) is 7.90. The van der Waals surface area contributed by atoms with E-state index in [4.69, 9.17) is 9.72 Å². The number of sulfonamides is 1. The maximum Gasteiger partial charge on any atom is 0.264 e. The summed E-state index contributed by atoms with van der Waals surface area (Å²) in [4.78, 5) is 37.2. The molecule has 2 aromatic heterocycles. The highest BCUT2D eigenvalue weighted by atomic mass is 32.2. The van der Waals surface area contributed by atoms with Crippen LogP contribution in [0.4, 0.5) is 11.8 Å². The van der Waals surface area contributed by atoms with E-state index < -0.39 is 16.1 Å². The number of benzene rings is 2. The van der Waals surface area contributed by atoms with Crippen LogP contribution in [0, 0.1) is 19.3 Å². The molecule has 0 saturated heterocycles. The summed E-state index contributed by atoms with van der Waals surface area (Å²) in [7, 11) is -4.17. The van der Waals surface area contributed by atoms with Crippen LogP contribution in [0.25, 0.3) is 11.3 Å². The van der Waals surface area contributed by atoms with Gasteiger partial charge in [-0.3, -0.25) is 9.78 Å². The normalized spacial score (nSPS) is 17.8. The molecule has 12 heteroatoms. The van der Waals surface area contributed by atoms with Crippen molar-refractivity contribution in [2.45, 2.75) is 97.2 Å². The molecule has 1 atom stereocenters. The van der Waals surface area contributed by atoms with Crippen molar-refractivity contribution in [3.05, 3.63) is 83.3 Å². The monoisotopic (exact) mass is 697 g/mol. The Labute approximate surface area is 295 Å². The first-order chi connectivity index (χ1) is 23.8. The van der Waals surface area contributed by atoms with Crippen molar-refractivity contribution in [2.75, 3.05) is 22.8 Å². The highest BCUT2D eigenvalue weighted by Crippen LogP contribution is 2.32. The molecule has 6 rings (SSSR count). The van der Waals surface area contributed by atoms with E-state index in [0.717, 1.165) is 48.3 Å². The van der Waals surface area contributed by atoms with Gasteiger partial charge in [-0.1, -0.05) is 45.0 Å². The van der Waals surface area contributed by atoms with Crippen LogP contribution in [0.3, 0.4) is 0 Å². The molecule has 2 aromatic carbocycles. The summed E-state index contributed by atoms with van der Waals surface area (Å²) >= 11 is 0. The first-order valence-electron chi connectivity index (χ1n) is 17.4. The van der Waals surface area contributed by atoms with Crippen molar-refractivity contribution < 1.29 is 17.9 Å². The minimum absolute atomic E-state index is 0.0183. The quantitative estimate of drug-likeness (QED) is 0.208. The van der Waals surface area contributed by atoms with Gasteiger partial charge in [-0.05, 0) is 87.6 Å². The predicted octanol–water partition coefficient (Wildman–Crippen LogP) is 6.96. The Morgan fingerprint density at radius 2 is 1.74 bits per heavy atom. The van der Waals surface area contributed by atoms with Crippen LogP contribution >= 0.6 is 0 Å². The standard InChI is InChI=1S/C38H47N7O4S/c1-7-44(29-14-10-15-29)33-22-39-21-28(40-33)23-45-30(17-18-38(4,5)6)24-49-34-20-32(35-25(2)11-8-12-26(35)3)41-37(42-34)43-50(47,48)31-16-9-13-27(19-31)36(45)46/h8-9,11-13,16,19-22,29-30H,7,10,14-15,17-18,23-24H2,1-6H3,(H,41,42,43)/t30-/m1/s1. The van der Waals surface area contributed by atoms with E-state index in [0.29, 0.717) is 23.9 Å². The van der Waals surface area contributed by atoms with E-state index in [1.807, 2.05) is 32.0 Å². The van der Waals surface area contributed by atoms with E-state index in [1.165, 1.54) is 18.6 Å². The number of ether oxygens (including phenoxy) is 1. The summed E-state index contributed by atoms with van der Waals surface area (Å²) in [5.74, 6) is 0.562. The third-order valence-corrected chi connectivity index (χ3v) is 10.9. The molecule has 50 heavy (non-hydrogen) atoms. The van der Waals surface area contributed by atoms with Crippen LogP contribution in [0.2, 0.25) is 0 Å². The summed E-state index contributed by atoms with van der Waals surface area (Å²) < 4.78 is 36.5. The van der Waals surface area contributed by atoms with Crippen LogP contribution in [0.1, 0.15) is 87.0 Å². The zero-order valence-electron chi connectivity index (χ0n) is 29.8. The van der Waals surface area contributed by atoms with Gasteiger partial charge < -0.3 is 14.5 Å². The lowest BCUT2D eigenvalue weighted by Crippen LogP contribution is -2.44. The largest absolute Gasteiger partial charge is 0.475 e. The number of carbonyl (C=O) groups excluding carboxylic acids is 1. The Morgan fingerprint density at radius 3 is 2.42 bits per heavy atom. The Balaban J connectivity index is 1.45. The topological polar surface area (TPSA) is 131 Å². The highest BCUT2D eigenvalue weighted by molar-refractivity contribution is 7.92. The number of fused-ring (bicyclic) bond motifs is 4. The minimum atomic E-state index is -4.17. The molecule has 1 amide bonds. The second-order valence-electron chi connectivity index (χ2n) is 14.6. The van der Waals surface area contributed by atoms with Gasteiger partial charge in [0.15, 0.2) is 0 Å². The molecular weight excluding hydrogens is 651 g/mol. The molecule has 1 N–H and O–H groups in total.